The maximum Gasteiger partial charge on any atom is 0.0799 e. The van der Waals surface area contributed by atoms with Gasteiger partial charge >= 0.3 is 0 Å². The van der Waals surface area contributed by atoms with Crippen LogP contribution in [-0.4, -0.2) is 16.9 Å². The second-order valence-electron chi connectivity index (χ2n) is 4.96. The zero-order chi connectivity index (χ0) is 14.7. The molecule has 0 fully saturated rings. The fraction of sp³-hybridized carbons (Fsp3) is 0.167. The Labute approximate surface area is 124 Å². The van der Waals surface area contributed by atoms with E-state index in [-0.39, 0.29) is 0 Å². The molecule has 2 aromatic carbocycles. The summed E-state index contributed by atoms with van der Waals surface area (Å²) in [5, 5.41) is 4.71. The van der Waals surface area contributed by atoms with Crippen molar-refractivity contribution in [2.24, 2.45) is 0 Å². The van der Waals surface area contributed by atoms with E-state index in [0.717, 1.165) is 28.2 Å². The van der Waals surface area contributed by atoms with Crippen LogP contribution in [0, 0.1) is 6.92 Å². The van der Waals surface area contributed by atoms with Crippen molar-refractivity contribution in [3.8, 4) is 16.9 Å². The van der Waals surface area contributed by atoms with E-state index in [1.165, 1.54) is 0 Å². The number of para-hydroxylation sites is 1. The summed E-state index contributed by atoms with van der Waals surface area (Å²) in [4.78, 5) is 0. The van der Waals surface area contributed by atoms with Crippen LogP contribution < -0.4 is 0 Å². The lowest BCUT2D eigenvalue weighted by atomic mass is 10.1. The van der Waals surface area contributed by atoms with Crippen molar-refractivity contribution in [3.05, 3.63) is 71.9 Å². The smallest absolute Gasteiger partial charge is 0.0799 e. The number of hydrogen-bond acceptors (Lipinski definition) is 2. The average molecular weight is 278 g/mol. The fourth-order valence-corrected chi connectivity index (χ4v) is 2.53. The molecule has 0 aliphatic carbocycles. The van der Waals surface area contributed by atoms with Gasteiger partial charge in [-0.05, 0) is 19.1 Å². The molecular formula is C18H18N2O. The minimum atomic E-state index is 0.558. The van der Waals surface area contributed by atoms with Gasteiger partial charge in [0.25, 0.3) is 0 Å². The molecule has 0 spiro atoms. The molecule has 0 bridgehead atoms. The molecule has 0 atom stereocenters. The van der Waals surface area contributed by atoms with Crippen molar-refractivity contribution in [1.29, 1.82) is 0 Å². The van der Waals surface area contributed by atoms with Crippen molar-refractivity contribution in [1.82, 2.24) is 9.78 Å². The first-order valence-electron chi connectivity index (χ1n) is 6.99. The van der Waals surface area contributed by atoms with Crippen LogP contribution >= 0.6 is 0 Å². The molecule has 3 nitrogen and oxygen atoms in total. The monoisotopic (exact) mass is 278 g/mol. The molecule has 1 aromatic heterocycles. The number of rotatable bonds is 4. The van der Waals surface area contributed by atoms with Crippen LogP contribution in [0.5, 0.6) is 0 Å². The second kappa shape index (κ2) is 5.94. The van der Waals surface area contributed by atoms with Crippen molar-refractivity contribution in [2.45, 2.75) is 13.5 Å². The molecule has 0 unspecified atom stereocenters. The van der Waals surface area contributed by atoms with E-state index in [0.29, 0.717) is 6.61 Å². The Hall–Kier alpha value is -2.39. The standard InChI is InChI=1S/C18H18N2O/c1-14-17(13-21-2)18(15-9-5-3-6-10-15)20(19-14)16-11-7-4-8-12-16/h3-12H,13H2,1-2H3. The zero-order valence-corrected chi connectivity index (χ0v) is 12.3. The molecule has 21 heavy (non-hydrogen) atoms. The third-order valence-corrected chi connectivity index (χ3v) is 3.52. The number of hydrogen-bond donors (Lipinski definition) is 0. The SMILES string of the molecule is COCc1c(C)nn(-c2ccccc2)c1-c1ccccc1. The second-order valence-corrected chi connectivity index (χ2v) is 4.96. The number of ether oxygens (including phenoxy) is 1. The number of benzene rings is 2. The largest absolute Gasteiger partial charge is 0.380 e. The summed E-state index contributed by atoms with van der Waals surface area (Å²) in [6.07, 6.45) is 0. The van der Waals surface area contributed by atoms with Crippen molar-refractivity contribution >= 4 is 0 Å². The van der Waals surface area contributed by atoms with E-state index in [1.54, 1.807) is 7.11 Å². The Morgan fingerprint density at radius 1 is 0.952 bits per heavy atom. The molecule has 0 radical (unpaired) electrons. The molecule has 0 amide bonds. The summed E-state index contributed by atoms with van der Waals surface area (Å²) >= 11 is 0. The molecule has 0 aliphatic rings. The maximum absolute atomic E-state index is 5.37. The van der Waals surface area contributed by atoms with Crippen LogP contribution in [0.1, 0.15) is 11.3 Å². The van der Waals surface area contributed by atoms with E-state index < -0.39 is 0 Å². The van der Waals surface area contributed by atoms with Gasteiger partial charge in [0.1, 0.15) is 0 Å². The molecule has 0 N–H and O–H groups in total. The lowest BCUT2D eigenvalue weighted by molar-refractivity contribution is 0.185. The predicted octanol–water partition coefficient (Wildman–Crippen LogP) is 3.99. The van der Waals surface area contributed by atoms with E-state index in [4.69, 9.17) is 9.84 Å². The molecular weight excluding hydrogens is 260 g/mol. The summed E-state index contributed by atoms with van der Waals surface area (Å²) in [6, 6.07) is 20.5. The highest BCUT2D eigenvalue weighted by Crippen LogP contribution is 2.29. The summed E-state index contributed by atoms with van der Waals surface area (Å²) in [6.45, 7) is 2.59. The Morgan fingerprint density at radius 3 is 2.19 bits per heavy atom. The Balaban J connectivity index is 2.23. The van der Waals surface area contributed by atoms with Gasteiger partial charge in [-0.25, -0.2) is 4.68 Å². The molecule has 0 aliphatic heterocycles. The van der Waals surface area contributed by atoms with Gasteiger partial charge in [-0.15, -0.1) is 0 Å². The summed E-state index contributed by atoms with van der Waals surface area (Å²) in [5.41, 5.74) is 5.43. The molecule has 3 rings (SSSR count). The van der Waals surface area contributed by atoms with Gasteiger partial charge in [0.05, 0.1) is 23.7 Å². The zero-order valence-electron chi connectivity index (χ0n) is 12.3. The molecule has 0 saturated carbocycles. The highest BCUT2D eigenvalue weighted by atomic mass is 16.5. The van der Waals surface area contributed by atoms with Crippen molar-refractivity contribution < 1.29 is 4.74 Å². The van der Waals surface area contributed by atoms with Gasteiger partial charge in [-0.1, -0.05) is 48.5 Å². The summed E-state index contributed by atoms with van der Waals surface area (Å²) < 4.78 is 7.37. The number of methoxy groups -OCH3 is 1. The lowest BCUT2D eigenvalue weighted by Crippen LogP contribution is -2.00. The van der Waals surface area contributed by atoms with E-state index >= 15 is 0 Å². The van der Waals surface area contributed by atoms with Gasteiger partial charge in [0.15, 0.2) is 0 Å². The fourth-order valence-electron chi connectivity index (χ4n) is 2.53. The van der Waals surface area contributed by atoms with Crippen LogP contribution in [0.15, 0.2) is 60.7 Å². The molecule has 3 aromatic rings. The van der Waals surface area contributed by atoms with Crippen LogP contribution in [0.2, 0.25) is 0 Å². The van der Waals surface area contributed by atoms with Gasteiger partial charge in [-0.2, -0.15) is 5.10 Å². The van der Waals surface area contributed by atoms with Crippen molar-refractivity contribution in [2.75, 3.05) is 7.11 Å². The Morgan fingerprint density at radius 2 is 1.57 bits per heavy atom. The molecule has 106 valence electrons. The summed E-state index contributed by atoms with van der Waals surface area (Å²) in [5.74, 6) is 0. The third kappa shape index (κ3) is 2.60. The number of nitrogens with zero attached hydrogens (tertiary/aromatic N) is 2. The van der Waals surface area contributed by atoms with Gasteiger partial charge in [0, 0.05) is 18.2 Å². The molecule has 0 saturated heterocycles. The Bertz CT molecular complexity index is 718. The van der Waals surface area contributed by atoms with Gasteiger partial charge in [-0.3, -0.25) is 0 Å². The maximum atomic E-state index is 5.37. The predicted molar refractivity (Wildman–Crippen MR) is 84.5 cm³/mol. The van der Waals surface area contributed by atoms with Crippen molar-refractivity contribution in [3.63, 3.8) is 0 Å². The van der Waals surface area contributed by atoms with Crippen LogP contribution in [0.3, 0.4) is 0 Å². The molecule has 3 heteroatoms. The van der Waals surface area contributed by atoms with Crippen LogP contribution in [0.4, 0.5) is 0 Å². The van der Waals surface area contributed by atoms with E-state index in [1.807, 2.05) is 48.0 Å². The van der Waals surface area contributed by atoms with Gasteiger partial charge < -0.3 is 4.74 Å². The molecule has 1 heterocycles. The van der Waals surface area contributed by atoms with Crippen LogP contribution in [-0.2, 0) is 11.3 Å². The summed E-state index contributed by atoms with van der Waals surface area (Å²) in [7, 11) is 1.72. The van der Waals surface area contributed by atoms with E-state index in [2.05, 4.69) is 24.3 Å². The Kier molecular flexibility index (Phi) is 3.84. The number of aromatic nitrogens is 2. The third-order valence-electron chi connectivity index (χ3n) is 3.52. The van der Waals surface area contributed by atoms with Gasteiger partial charge in [0.2, 0.25) is 0 Å². The normalized spacial score (nSPS) is 10.8. The van der Waals surface area contributed by atoms with E-state index in [9.17, 15) is 0 Å². The average Bonchev–Trinajstić information content (AvgIpc) is 2.86. The highest BCUT2D eigenvalue weighted by molar-refractivity contribution is 5.66. The highest BCUT2D eigenvalue weighted by Gasteiger charge is 2.17. The first-order chi connectivity index (χ1) is 10.3. The minimum Gasteiger partial charge on any atom is -0.380 e. The number of aryl methyl sites for hydroxylation is 1. The first-order valence-corrected chi connectivity index (χ1v) is 6.99. The lowest BCUT2D eigenvalue weighted by Gasteiger charge is -2.10. The minimum absolute atomic E-state index is 0.558. The quantitative estimate of drug-likeness (QED) is 0.721. The topological polar surface area (TPSA) is 27.1 Å². The van der Waals surface area contributed by atoms with Crippen LogP contribution in [0.25, 0.3) is 16.9 Å². The first kappa shape index (κ1) is 13.6.